The SMILES string of the molecule is C[C@@H](C(=O)N[C@H]1CCO[C@H]2CC[C@H](C(=O)N[C@@H]3CCOc4ccccc43)N2C1=O)N(C)C(=O)OC(C)(C)C. The molecule has 0 spiro atoms. The van der Waals surface area contributed by atoms with Gasteiger partial charge in [0.15, 0.2) is 0 Å². The van der Waals surface area contributed by atoms with Crippen molar-refractivity contribution >= 4 is 23.8 Å². The minimum absolute atomic E-state index is 0.214. The lowest BCUT2D eigenvalue weighted by Crippen LogP contribution is -2.57. The van der Waals surface area contributed by atoms with Crippen molar-refractivity contribution in [2.75, 3.05) is 20.3 Å². The van der Waals surface area contributed by atoms with Crippen LogP contribution in [0.15, 0.2) is 24.3 Å². The molecular weight excluding hydrogens is 492 g/mol. The molecule has 0 radical (unpaired) electrons. The third-order valence-electron chi connectivity index (χ3n) is 7.14. The summed E-state index contributed by atoms with van der Waals surface area (Å²) in [5.74, 6) is -0.362. The number of likely N-dealkylation sites (N-methyl/N-ethyl adjacent to an activating group) is 1. The maximum absolute atomic E-state index is 13.6. The van der Waals surface area contributed by atoms with E-state index < -0.39 is 42.0 Å². The van der Waals surface area contributed by atoms with E-state index in [4.69, 9.17) is 14.2 Å². The van der Waals surface area contributed by atoms with Crippen molar-refractivity contribution < 1.29 is 33.4 Å². The molecule has 208 valence electrons. The van der Waals surface area contributed by atoms with Crippen molar-refractivity contribution in [3.63, 3.8) is 0 Å². The fraction of sp³-hybridized carbons (Fsp3) is 0.630. The van der Waals surface area contributed by atoms with Gasteiger partial charge in [0, 0.05) is 25.5 Å². The molecule has 11 heteroatoms. The summed E-state index contributed by atoms with van der Waals surface area (Å²) in [6, 6.07) is 4.93. The number of amides is 4. The van der Waals surface area contributed by atoms with Crippen molar-refractivity contribution in [2.45, 2.75) is 89.4 Å². The topological polar surface area (TPSA) is 127 Å². The van der Waals surface area contributed by atoms with Gasteiger partial charge < -0.3 is 29.7 Å². The molecule has 0 unspecified atom stereocenters. The molecule has 0 aromatic heterocycles. The highest BCUT2D eigenvalue weighted by Crippen LogP contribution is 2.33. The highest BCUT2D eigenvalue weighted by molar-refractivity contribution is 5.94. The average molecular weight is 531 g/mol. The molecule has 5 atom stereocenters. The first kappa shape index (κ1) is 27.7. The van der Waals surface area contributed by atoms with E-state index >= 15 is 0 Å². The molecule has 4 rings (SSSR count). The number of carbonyl (C=O) groups excluding carboxylic acids is 4. The summed E-state index contributed by atoms with van der Waals surface area (Å²) < 4.78 is 16.9. The van der Waals surface area contributed by atoms with Gasteiger partial charge in [-0.15, -0.1) is 0 Å². The molecule has 0 aliphatic carbocycles. The molecule has 2 N–H and O–H groups in total. The molecular formula is C27H38N4O7. The van der Waals surface area contributed by atoms with E-state index in [1.807, 2.05) is 24.3 Å². The van der Waals surface area contributed by atoms with Crippen LogP contribution in [-0.4, -0.2) is 83.8 Å². The Morgan fingerprint density at radius 2 is 1.76 bits per heavy atom. The van der Waals surface area contributed by atoms with Gasteiger partial charge in [-0.05, 0) is 46.6 Å². The summed E-state index contributed by atoms with van der Waals surface area (Å²) in [7, 11) is 1.47. The third kappa shape index (κ3) is 6.03. The lowest BCUT2D eigenvalue weighted by molar-refractivity contribution is -0.149. The number of benzene rings is 1. The summed E-state index contributed by atoms with van der Waals surface area (Å²) >= 11 is 0. The van der Waals surface area contributed by atoms with Crippen LogP contribution in [0.3, 0.4) is 0 Å². The van der Waals surface area contributed by atoms with E-state index in [-0.39, 0.29) is 30.9 Å². The van der Waals surface area contributed by atoms with E-state index in [1.165, 1.54) is 16.8 Å². The van der Waals surface area contributed by atoms with Crippen LogP contribution in [-0.2, 0) is 23.9 Å². The molecule has 3 heterocycles. The maximum atomic E-state index is 13.6. The zero-order chi connectivity index (χ0) is 27.6. The smallest absolute Gasteiger partial charge is 0.410 e. The predicted molar refractivity (Wildman–Crippen MR) is 137 cm³/mol. The molecule has 11 nitrogen and oxygen atoms in total. The quantitative estimate of drug-likeness (QED) is 0.597. The van der Waals surface area contributed by atoms with Gasteiger partial charge >= 0.3 is 6.09 Å². The Kier molecular flexibility index (Phi) is 8.15. The molecule has 0 saturated carbocycles. The van der Waals surface area contributed by atoms with E-state index in [9.17, 15) is 19.2 Å². The number of fused-ring (bicyclic) bond motifs is 2. The Morgan fingerprint density at radius 1 is 1.05 bits per heavy atom. The van der Waals surface area contributed by atoms with Crippen LogP contribution >= 0.6 is 0 Å². The van der Waals surface area contributed by atoms with Crippen molar-refractivity contribution in [2.24, 2.45) is 0 Å². The van der Waals surface area contributed by atoms with Crippen molar-refractivity contribution in [1.29, 1.82) is 0 Å². The van der Waals surface area contributed by atoms with Crippen LogP contribution in [0.5, 0.6) is 5.75 Å². The minimum atomic E-state index is -0.876. The van der Waals surface area contributed by atoms with E-state index in [1.54, 1.807) is 27.7 Å². The van der Waals surface area contributed by atoms with E-state index in [0.29, 0.717) is 25.9 Å². The normalized spacial score (nSPS) is 25.7. The Hall–Kier alpha value is -3.34. The number of carbonyl (C=O) groups is 4. The summed E-state index contributed by atoms with van der Waals surface area (Å²) in [5.41, 5.74) is 0.205. The number of para-hydroxylation sites is 1. The third-order valence-corrected chi connectivity index (χ3v) is 7.14. The summed E-state index contributed by atoms with van der Waals surface area (Å²) in [4.78, 5) is 55.1. The number of hydrogen-bond acceptors (Lipinski definition) is 7. The van der Waals surface area contributed by atoms with E-state index in [2.05, 4.69) is 10.6 Å². The van der Waals surface area contributed by atoms with Crippen molar-refractivity contribution in [3.8, 4) is 5.75 Å². The van der Waals surface area contributed by atoms with Gasteiger partial charge in [0.2, 0.25) is 17.7 Å². The number of nitrogens with one attached hydrogen (secondary N) is 2. The van der Waals surface area contributed by atoms with E-state index in [0.717, 1.165) is 11.3 Å². The molecule has 3 aliphatic heterocycles. The first-order chi connectivity index (χ1) is 18.0. The minimum Gasteiger partial charge on any atom is -0.493 e. The first-order valence-corrected chi connectivity index (χ1v) is 13.2. The zero-order valence-electron chi connectivity index (χ0n) is 22.7. The first-order valence-electron chi connectivity index (χ1n) is 13.2. The highest BCUT2D eigenvalue weighted by Gasteiger charge is 2.46. The van der Waals surface area contributed by atoms with Gasteiger partial charge in [-0.1, -0.05) is 18.2 Å². The van der Waals surface area contributed by atoms with Crippen molar-refractivity contribution in [1.82, 2.24) is 20.4 Å². The molecule has 0 bridgehead atoms. The molecule has 2 saturated heterocycles. The molecule has 1 aromatic carbocycles. The second kappa shape index (κ2) is 11.2. The Morgan fingerprint density at radius 3 is 2.50 bits per heavy atom. The summed E-state index contributed by atoms with van der Waals surface area (Å²) in [6.07, 6.45) is 0.733. The molecule has 38 heavy (non-hydrogen) atoms. The molecule has 1 aromatic rings. The second-order valence-electron chi connectivity index (χ2n) is 11.0. The predicted octanol–water partition coefficient (Wildman–Crippen LogP) is 2.10. The average Bonchev–Trinajstić information content (AvgIpc) is 3.23. The van der Waals surface area contributed by atoms with Gasteiger partial charge in [0.05, 0.1) is 19.3 Å². The number of nitrogens with zero attached hydrogens (tertiary/aromatic N) is 2. The highest BCUT2D eigenvalue weighted by atomic mass is 16.6. The molecule has 4 amide bonds. The molecule has 2 fully saturated rings. The lowest BCUT2D eigenvalue weighted by Gasteiger charge is -2.33. The molecule has 3 aliphatic rings. The Balaban J connectivity index is 1.42. The van der Waals surface area contributed by atoms with Gasteiger partial charge in [-0.2, -0.15) is 0 Å². The standard InChI is InChI=1S/C27H38N4O7/c1-16(30(5)26(35)38-27(2,3)4)23(32)29-19-13-15-37-22-11-10-20(31(22)25(19)34)24(33)28-18-12-14-36-21-9-7-6-8-17(18)21/h6-9,16,18-20,22H,10-15H2,1-5H3,(H,28,33)(H,29,32)/t16-,18+,19-,20+,22-/m0/s1. The largest absolute Gasteiger partial charge is 0.493 e. The van der Waals surface area contributed by atoms with Crippen LogP contribution in [0.2, 0.25) is 0 Å². The summed E-state index contributed by atoms with van der Waals surface area (Å²) in [6.45, 7) is 7.55. The van der Waals surface area contributed by atoms with Gasteiger partial charge in [-0.3, -0.25) is 19.3 Å². The van der Waals surface area contributed by atoms with Crippen LogP contribution in [0.25, 0.3) is 0 Å². The van der Waals surface area contributed by atoms with Crippen LogP contribution in [0, 0.1) is 0 Å². The van der Waals surface area contributed by atoms with Crippen molar-refractivity contribution in [3.05, 3.63) is 29.8 Å². The van der Waals surface area contributed by atoms with Gasteiger partial charge in [-0.25, -0.2) is 4.79 Å². The second-order valence-corrected chi connectivity index (χ2v) is 11.0. The number of hydrogen-bond donors (Lipinski definition) is 2. The monoisotopic (exact) mass is 530 g/mol. The Labute approximate surface area is 223 Å². The summed E-state index contributed by atoms with van der Waals surface area (Å²) in [5, 5.41) is 5.86. The van der Waals surface area contributed by atoms with Crippen LogP contribution in [0.1, 0.15) is 65.0 Å². The van der Waals surface area contributed by atoms with Crippen LogP contribution in [0.4, 0.5) is 4.79 Å². The van der Waals surface area contributed by atoms with Gasteiger partial charge in [0.1, 0.15) is 35.7 Å². The Bertz CT molecular complexity index is 1070. The van der Waals surface area contributed by atoms with Crippen LogP contribution < -0.4 is 15.4 Å². The number of ether oxygens (including phenoxy) is 3. The fourth-order valence-corrected chi connectivity index (χ4v) is 4.98. The zero-order valence-corrected chi connectivity index (χ0v) is 22.7. The maximum Gasteiger partial charge on any atom is 0.410 e. The van der Waals surface area contributed by atoms with Gasteiger partial charge in [0.25, 0.3) is 0 Å². The number of rotatable bonds is 5. The lowest BCUT2D eigenvalue weighted by atomic mass is 10.00. The fourth-order valence-electron chi connectivity index (χ4n) is 4.98.